The van der Waals surface area contributed by atoms with Crippen molar-refractivity contribution < 1.29 is 5.11 Å². The highest BCUT2D eigenvalue weighted by molar-refractivity contribution is 14.1. The van der Waals surface area contributed by atoms with E-state index in [1.54, 1.807) is 0 Å². The van der Waals surface area contributed by atoms with Gasteiger partial charge >= 0.3 is 0 Å². The van der Waals surface area contributed by atoms with Crippen molar-refractivity contribution in [2.75, 3.05) is 0 Å². The van der Waals surface area contributed by atoms with Crippen molar-refractivity contribution in [1.82, 2.24) is 0 Å². The van der Waals surface area contributed by atoms with Gasteiger partial charge in [-0.3, -0.25) is 0 Å². The van der Waals surface area contributed by atoms with Gasteiger partial charge in [-0.1, -0.05) is 32.0 Å². The molecule has 0 heterocycles. The van der Waals surface area contributed by atoms with Crippen LogP contribution in [0.4, 0.5) is 0 Å². The summed E-state index contributed by atoms with van der Waals surface area (Å²) in [6.45, 7) is 4.31. The Labute approximate surface area is 124 Å². The third-order valence-corrected chi connectivity index (χ3v) is 3.70. The Balaban J connectivity index is 0.00000256. The summed E-state index contributed by atoms with van der Waals surface area (Å²) in [6.07, 6.45) is 1.33. The standard InChI is InChI=1S/C13H20INO.ClH/c1-9(2)7-8-12(16)13(15)10-5-3-4-6-11(10)14;/h3-6,9,12-13,16H,7-8,15H2,1-2H3;1H/t12-,13+;/m1./s1. The number of hydrogen-bond acceptors (Lipinski definition) is 2. The summed E-state index contributed by atoms with van der Waals surface area (Å²) < 4.78 is 1.12. The Morgan fingerprint density at radius 3 is 2.35 bits per heavy atom. The lowest BCUT2D eigenvalue weighted by Gasteiger charge is -2.21. The molecule has 0 unspecified atom stereocenters. The molecule has 2 nitrogen and oxygen atoms in total. The Morgan fingerprint density at radius 1 is 1.24 bits per heavy atom. The number of benzene rings is 1. The molecule has 0 fully saturated rings. The first kappa shape index (κ1) is 17.2. The van der Waals surface area contributed by atoms with Gasteiger partial charge in [0.15, 0.2) is 0 Å². The van der Waals surface area contributed by atoms with E-state index in [0.717, 1.165) is 22.0 Å². The predicted molar refractivity (Wildman–Crippen MR) is 83.4 cm³/mol. The highest BCUT2D eigenvalue weighted by Crippen LogP contribution is 2.23. The molecule has 2 atom stereocenters. The van der Waals surface area contributed by atoms with E-state index >= 15 is 0 Å². The molecule has 0 aromatic heterocycles. The number of aliphatic hydroxyl groups excluding tert-OH is 1. The zero-order chi connectivity index (χ0) is 12.1. The maximum absolute atomic E-state index is 10.0. The summed E-state index contributed by atoms with van der Waals surface area (Å²) in [4.78, 5) is 0. The van der Waals surface area contributed by atoms with Crippen molar-refractivity contribution in [2.24, 2.45) is 11.7 Å². The van der Waals surface area contributed by atoms with Crippen molar-refractivity contribution in [3.63, 3.8) is 0 Å². The van der Waals surface area contributed by atoms with Crippen LogP contribution in [0.15, 0.2) is 24.3 Å². The zero-order valence-corrected chi connectivity index (χ0v) is 13.2. The molecule has 0 saturated heterocycles. The predicted octanol–water partition coefficient (Wildman–Crippen LogP) is 3.51. The quantitative estimate of drug-likeness (QED) is 0.780. The van der Waals surface area contributed by atoms with Crippen LogP contribution < -0.4 is 5.73 Å². The van der Waals surface area contributed by atoms with Crippen LogP contribution in [0.5, 0.6) is 0 Å². The van der Waals surface area contributed by atoms with E-state index in [9.17, 15) is 5.11 Å². The second kappa shape index (κ2) is 8.29. The lowest BCUT2D eigenvalue weighted by Crippen LogP contribution is -2.27. The van der Waals surface area contributed by atoms with E-state index in [0.29, 0.717) is 5.92 Å². The second-order valence-electron chi connectivity index (χ2n) is 4.59. The highest BCUT2D eigenvalue weighted by atomic mass is 127. The van der Waals surface area contributed by atoms with Crippen LogP contribution in [0.1, 0.15) is 38.3 Å². The number of nitrogens with two attached hydrogens (primary N) is 1. The maximum Gasteiger partial charge on any atom is 0.0733 e. The highest BCUT2D eigenvalue weighted by Gasteiger charge is 2.18. The van der Waals surface area contributed by atoms with Gasteiger partial charge in [-0.2, -0.15) is 0 Å². The maximum atomic E-state index is 10.0. The number of rotatable bonds is 5. The minimum atomic E-state index is -0.446. The first-order valence-electron chi connectivity index (χ1n) is 5.70. The van der Waals surface area contributed by atoms with Crippen LogP contribution in [0.2, 0.25) is 0 Å². The van der Waals surface area contributed by atoms with Gasteiger partial charge in [-0.05, 0) is 53.0 Å². The summed E-state index contributed by atoms with van der Waals surface area (Å²) in [6, 6.07) is 7.69. The number of halogens is 2. The molecule has 0 bridgehead atoms. The zero-order valence-electron chi connectivity index (χ0n) is 10.3. The molecule has 0 aliphatic rings. The van der Waals surface area contributed by atoms with Gasteiger partial charge in [0.2, 0.25) is 0 Å². The van der Waals surface area contributed by atoms with Crippen LogP contribution in [0, 0.1) is 9.49 Å². The molecule has 0 aliphatic heterocycles. The lowest BCUT2D eigenvalue weighted by molar-refractivity contribution is 0.128. The summed E-state index contributed by atoms with van der Waals surface area (Å²) >= 11 is 2.26. The Morgan fingerprint density at radius 2 is 1.82 bits per heavy atom. The van der Waals surface area contributed by atoms with Gasteiger partial charge < -0.3 is 10.8 Å². The van der Waals surface area contributed by atoms with Crippen molar-refractivity contribution in [3.05, 3.63) is 33.4 Å². The average Bonchev–Trinajstić information content (AvgIpc) is 2.25. The van der Waals surface area contributed by atoms with E-state index in [2.05, 4.69) is 36.4 Å². The van der Waals surface area contributed by atoms with Crippen molar-refractivity contribution in [2.45, 2.75) is 38.8 Å². The van der Waals surface area contributed by atoms with Gasteiger partial charge in [-0.15, -0.1) is 12.4 Å². The normalized spacial score (nSPS) is 14.2. The molecule has 1 aromatic rings. The minimum Gasteiger partial charge on any atom is -0.391 e. The number of aliphatic hydroxyl groups is 1. The van der Waals surface area contributed by atoms with Crippen LogP contribution in [0.25, 0.3) is 0 Å². The fourth-order valence-corrected chi connectivity index (χ4v) is 2.38. The first-order valence-corrected chi connectivity index (χ1v) is 6.78. The van der Waals surface area contributed by atoms with E-state index in [1.165, 1.54) is 0 Å². The van der Waals surface area contributed by atoms with E-state index in [1.807, 2.05) is 24.3 Å². The molecule has 1 aromatic carbocycles. The fourth-order valence-electron chi connectivity index (χ4n) is 1.64. The molecule has 0 amide bonds. The second-order valence-corrected chi connectivity index (χ2v) is 5.75. The summed E-state index contributed by atoms with van der Waals surface area (Å²) in [5, 5.41) is 10.0. The summed E-state index contributed by atoms with van der Waals surface area (Å²) in [5.74, 6) is 0.608. The van der Waals surface area contributed by atoms with Gasteiger partial charge in [-0.25, -0.2) is 0 Å². The minimum absolute atomic E-state index is 0. The molecule has 0 saturated carbocycles. The Hall–Kier alpha value is 0.160. The van der Waals surface area contributed by atoms with E-state index in [-0.39, 0.29) is 18.4 Å². The molecule has 0 spiro atoms. The van der Waals surface area contributed by atoms with Crippen molar-refractivity contribution in [1.29, 1.82) is 0 Å². The Bertz CT molecular complexity index is 333. The molecule has 17 heavy (non-hydrogen) atoms. The largest absolute Gasteiger partial charge is 0.391 e. The molecular formula is C13H21ClINO. The fraction of sp³-hybridized carbons (Fsp3) is 0.538. The molecule has 0 radical (unpaired) electrons. The SMILES string of the molecule is CC(C)CC[C@@H](O)[C@@H](N)c1ccccc1I.Cl. The van der Waals surface area contributed by atoms with E-state index < -0.39 is 6.10 Å². The Kier molecular flexibility index (Phi) is 8.37. The van der Waals surface area contributed by atoms with E-state index in [4.69, 9.17) is 5.73 Å². The molecule has 3 N–H and O–H groups in total. The first-order chi connectivity index (χ1) is 7.52. The number of hydrogen-bond donors (Lipinski definition) is 2. The van der Waals surface area contributed by atoms with Crippen molar-refractivity contribution in [3.8, 4) is 0 Å². The molecule has 98 valence electrons. The van der Waals surface area contributed by atoms with Gasteiger partial charge in [0.25, 0.3) is 0 Å². The summed E-state index contributed by atoms with van der Waals surface area (Å²) in [7, 11) is 0. The molecule has 0 aliphatic carbocycles. The molecular weight excluding hydrogens is 349 g/mol. The van der Waals surface area contributed by atoms with Crippen LogP contribution in [0.3, 0.4) is 0 Å². The van der Waals surface area contributed by atoms with Crippen LogP contribution in [-0.2, 0) is 0 Å². The van der Waals surface area contributed by atoms with Gasteiger partial charge in [0.05, 0.1) is 12.1 Å². The van der Waals surface area contributed by atoms with Gasteiger partial charge in [0, 0.05) is 3.57 Å². The van der Waals surface area contributed by atoms with Crippen molar-refractivity contribution >= 4 is 35.0 Å². The smallest absolute Gasteiger partial charge is 0.0733 e. The monoisotopic (exact) mass is 369 g/mol. The summed E-state index contributed by atoms with van der Waals surface area (Å²) in [5.41, 5.74) is 7.11. The third-order valence-electron chi connectivity index (χ3n) is 2.72. The average molecular weight is 370 g/mol. The van der Waals surface area contributed by atoms with Gasteiger partial charge in [0.1, 0.15) is 0 Å². The molecule has 1 rings (SSSR count). The third kappa shape index (κ3) is 5.55. The lowest BCUT2D eigenvalue weighted by atomic mass is 9.96. The van der Waals surface area contributed by atoms with Crippen LogP contribution in [-0.4, -0.2) is 11.2 Å². The van der Waals surface area contributed by atoms with Crippen LogP contribution >= 0.6 is 35.0 Å². The topological polar surface area (TPSA) is 46.2 Å². The molecule has 4 heteroatoms.